The molecule has 0 aromatic heterocycles. The molecule has 0 spiro atoms. The summed E-state index contributed by atoms with van der Waals surface area (Å²) in [6.07, 6.45) is 14.5. The van der Waals surface area contributed by atoms with Crippen LogP contribution < -0.4 is 0 Å². The summed E-state index contributed by atoms with van der Waals surface area (Å²) in [5.74, 6) is 4.35. The lowest BCUT2D eigenvalue weighted by molar-refractivity contribution is -0.0621. The van der Waals surface area contributed by atoms with Crippen LogP contribution in [0.4, 0.5) is 0 Å². The monoisotopic (exact) mass is 426 g/mol. The topological polar surface area (TPSA) is 40.5 Å². The fourth-order valence-corrected chi connectivity index (χ4v) is 8.79. The van der Waals surface area contributed by atoms with Crippen molar-refractivity contribution < 1.29 is 10.2 Å². The van der Waals surface area contributed by atoms with Crippen molar-refractivity contribution in [3.8, 4) is 0 Å². The van der Waals surface area contributed by atoms with E-state index in [1.54, 1.807) is 5.57 Å². The normalized spacial score (nSPS) is 47.7. The van der Waals surface area contributed by atoms with E-state index in [-0.39, 0.29) is 0 Å². The summed E-state index contributed by atoms with van der Waals surface area (Å²) in [6, 6.07) is 0. The van der Waals surface area contributed by atoms with Crippen LogP contribution in [0.25, 0.3) is 0 Å². The van der Waals surface area contributed by atoms with Crippen molar-refractivity contribution in [2.45, 2.75) is 110 Å². The van der Waals surface area contributed by atoms with Crippen LogP contribution in [0.1, 0.15) is 98.8 Å². The first-order valence-corrected chi connectivity index (χ1v) is 13.4. The molecule has 2 nitrogen and oxygen atoms in total. The molecule has 174 valence electrons. The highest BCUT2D eigenvalue weighted by Crippen LogP contribution is 2.67. The number of aliphatic hydroxyl groups is 2. The third kappa shape index (κ3) is 4.01. The Morgan fingerprint density at radius 1 is 1.10 bits per heavy atom. The van der Waals surface area contributed by atoms with Gasteiger partial charge in [0, 0.05) is 11.0 Å². The Morgan fingerprint density at radius 2 is 1.81 bits per heavy atom. The van der Waals surface area contributed by atoms with E-state index in [1.807, 2.05) is 15.7 Å². The van der Waals surface area contributed by atoms with Crippen molar-refractivity contribution in [1.82, 2.24) is 0 Å². The molecule has 0 aliphatic heterocycles. The van der Waals surface area contributed by atoms with Crippen molar-refractivity contribution in [3.05, 3.63) is 11.6 Å². The highest BCUT2D eigenvalue weighted by molar-refractivity contribution is 6.14. The summed E-state index contributed by atoms with van der Waals surface area (Å²) in [4.78, 5) is 0. The van der Waals surface area contributed by atoms with Crippen molar-refractivity contribution in [2.24, 2.45) is 46.3 Å². The summed E-state index contributed by atoms with van der Waals surface area (Å²) >= 11 is 0. The molecule has 2 N–H and O–H groups in total. The molecule has 0 amide bonds. The van der Waals surface area contributed by atoms with Gasteiger partial charge in [0.2, 0.25) is 0 Å². The van der Waals surface area contributed by atoms with Crippen LogP contribution in [0, 0.1) is 46.3 Å². The molecule has 0 heterocycles. The second kappa shape index (κ2) is 7.93. The van der Waals surface area contributed by atoms with E-state index in [9.17, 15) is 10.2 Å². The molecule has 9 atom stereocenters. The molecule has 0 aromatic rings. The van der Waals surface area contributed by atoms with Crippen molar-refractivity contribution in [3.63, 3.8) is 0 Å². The van der Waals surface area contributed by atoms with E-state index in [0.717, 1.165) is 49.4 Å². The third-order valence-corrected chi connectivity index (χ3v) is 11.5. The molecule has 0 aromatic carbocycles. The fourth-order valence-electron chi connectivity index (χ4n) is 8.79. The van der Waals surface area contributed by atoms with Crippen LogP contribution in [0.3, 0.4) is 0 Å². The Labute approximate surface area is 193 Å². The van der Waals surface area contributed by atoms with Crippen LogP contribution in [-0.4, -0.2) is 36.9 Å². The number of allylic oxidation sites excluding steroid dienone is 1. The van der Waals surface area contributed by atoms with Crippen LogP contribution in [0.15, 0.2) is 11.6 Å². The number of hydrogen-bond donors (Lipinski definition) is 2. The van der Waals surface area contributed by atoms with Gasteiger partial charge >= 0.3 is 0 Å². The molecule has 0 bridgehead atoms. The zero-order chi connectivity index (χ0) is 22.8. The maximum Gasteiger partial charge on any atom is 0.143 e. The minimum atomic E-state index is -0.536. The van der Waals surface area contributed by atoms with Gasteiger partial charge in [-0.15, -0.1) is 0 Å². The molecule has 31 heavy (non-hydrogen) atoms. The average Bonchev–Trinajstić information content (AvgIpc) is 3.04. The molecule has 4 aliphatic rings. The van der Waals surface area contributed by atoms with Gasteiger partial charge in [-0.1, -0.05) is 46.3 Å². The van der Waals surface area contributed by atoms with Gasteiger partial charge in [0.25, 0.3) is 0 Å². The zero-order valence-electron chi connectivity index (χ0n) is 21.5. The lowest BCUT2D eigenvalue weighted by Crippen LogP contribution is -2.52. The Balaban J connectivity index is 1.49. The summed E-state index contributed by atoms with van der Waals surface area (Å²) in [5.41, 5.74) is 1.35. The molecule has 3 fully saturated rings. The number of rotatable bonds is 5. The lowest BCUT2D eigenvalue weighted by Gasteiger charge is -2.59. The zero-order valence-corrected chi connectivity index (χ0v) is 21.5. The second-order valence-corrected chi connectivity index (χ2v) is 13.7. The van der Waals surface area contributed by atoms with Crippen molar-refractivity contribution in [1.29, 1.82) is 0 Å². The van der Waals surface area contributed by atoms with Gasteiger partial charge in [-0.25, -0.2) is 0 Å². The summed E-state index contributed by atoms with van der Waals surface area (Å²) < 4.78 is 0. The smallest absolute Gasteiger partial charge is 0.143 e. The molecule has 4 aliphatic carbocycles. The predicted molar refractivity (Wildman–Crippen MR) is 135 cm³/mol. The van der Waals surface area contributed by atoms with Gasteiger partial charge in [0.05, 0.1) is 0 Å². The summed E-state index contributed by atoms with van der Waals surface area (Å²) in [6.45, 7) is 11.9. The lowest BCUT2D eigenvalue weighted by atomic mass is 9.45. The standard InChI is InChI=1S/C27H48B2O2/c1-17(2)27(29,31)13-10-18(3)21-8-9-22-20-7-6-19-16-26(28,30)15-14-24(19,4)23(20)11-12-25(21,22)5/h6,17-18,20-23,30-31H,7-16,28-29H2,1-5H3/t18-,20+,21-,22+,23+,24+,25-,26-,27?/m1/s1. The SMILES string of the molecule is BC(O)(CC[C@@H](C)[C@H]1CC[C@H]2[C@@H]3CC=C4C[C@](B)(O)CC[C@]4(C)[C@H]3CC[C@]12C)C(C)C. The molecule has 4 heteroatoms. The van der Waals surface area contributed by atoms with Crippen LogP contribution in [0.2, 0.25) is 0 Å². The molecule has 0 saturated heterocycles. The Kier molecular flexibility index (Phi) is 6.12. The van der Waals surface area contributed by atoms with Gasteiger partial charge in [-0.3, -0.25) is 0 Å². The van der Waals surface area contributed by atoms with Gasteiger partial charge < -0.3 is 10.2 Å². The van der Waals surface area contributed by atoms with E-state index in [1.165, 1.54) is 38.5 Å². The van der Waals surface area contributed by atoms with E-state index >= 15 is 0 Å². The summed E-state index contributed by atoms with van der Waals surface area (Å²) in [5, 5.41) is 21.5. The Hall–Kier alpha value is -0.210. The number of fused-ring (bicyclic) bond motifs is 5. The molecular weight excluding hydrogens is 378 g/mol. The molecule has 0 radical (unpaired) electrons. The highest BCUT2D eigenvalue weighted by atomic mass is 16.3. The van der Waals surface area contributed by atoms with Crippen molar-refractivity contribution in [2.75, 3.05) is 0 Å². The quantitative estimate of drug-likeness (QED) is 0.509. The van der Waals surface area contributed by atoms with E-state index in [0.29, 0.717) is 22.7 Å². The van der Waals surface area contributed by atoms with E-state index < -0.39 is 11.0 Å². The minimum absolute atomic E-state index is 0.322. The average molecular weight is 426 g/mol. The van der Waals surface area contributed by atoms with E-state index in [4.69, 9.17) is 0 Å². The predicted octanol–water partition coefficient (Wildman–Crippen LogP) is 4.28. The van der Waals surface area contributed by atoms with Gasteiger partial charge in [0.1, 0.15) is 15.7 Å². The molecule has 4 rings (SSSR count). The van der Waals surface area contributed by atoms with Gasteiger partial charge in [-0.05, 0) is 111 Å². The fraction of sp³-hybridized carbons (Fsp3) is 0.926. The van der Waals surface area contributed by atoms with Crippen LogP contribution >= 0.6 is 0 Å². The van der Waals surface area contributed by atoms with E-state index in [2.05, 4.69) is 40.7 Å². The first-order chi connectivity index (χ1) is 14.3. The van der Waals surface area contributed by atoms with Crippen LogP contribution in [-0.2, 0) is 0 Å². The molecular formula is C27H48B2O2. The third-order valence-electron chi connectivity index (χ3n) is 11.5. The largest absolute Gasteiger partial charge is 0.399 e. The maximum atomic E-state index is 10.8. The first-order valence-electron chi connectivity index (χ1n) is 13.4. The van der Waals surface area contributed by atoms with Crippen LogP contribution in [0.5, 0.6) is 0 Å². The first kappa shape index (κ1) is 23.9. The molecule has 1 unspecified atom stereocenters. The van der Waals surface area contributed by atoms with Crippen molar-refractivity contribution >= 4 is 15.7 Å². The second-order valence-electron chi connectivity index (χ2n) is 13.7. The Morgan fingerprint density at radius 3 is 2.48 bits per heavy atom. The molecule has 3 saturated carbocycles. The number of hydrogen-bond acceptors (Lipinski definition) is 2. The Bertz CT molecular complexity index is 714. The van der Waals surface area contributed by atoms with Gasteiger partial charge in [-0.2, -0.15) is 0 Å². The maximum absolute atomic E-state index is 10.8. The minimum Gasteiger partial charge on any atom is -0.399 e. The highest BCUT2D eigenvalue weighted by Gasteiger charge is 2.59. The summed E-state index contributed by atoms with van der Waals surface area (Å²) in [7, 11) is 4.07. The van der Waals surface area contributed by atoms with Gasteiger partial charge in [0.15, 0.2) is 0 Å².